The Morgan fingerprint density at radius 3 is 2.36 bits per heavy atom. The number of rotatable bonds is 5. The molecule has 1 aromatic rings. The number of aryl methyl sites for hydroxylation is 1. The van der Waals surface area contributed by atoms with Gasteiger partial charge in [0.1, 0.15) is 5.00 Å². The van der Waals surface area contributed by atoms with E-state index in [1.807, 2.05) is 12.2 Å². The second-order valence-electron chi connectivity index (χ2n) is 8.48. The summed E-state index contributed by atoms with van der Waals surface area (Å²) in [7, 11) is 0. The minimum atomic E-state index is -0.903. The molecule has 7 heteroatoms. The zero-order valence-corrected chi connectivity index (χ0v) is 16.4. The van der Waals surface area contributed by atoms with Gasteiger partial charge in [0, 0.05) is 10.9 Å². The molecule has 1 aromatic heterocycles. The van der Waals surface area contributed by atoms with Crippen LogP contribution in [0, 0.1) is 23.7 Å². The second kappa shape index (κ2) is 6.72. The summed E-state index contributed by atoms with van der Waals surface area (Å²) in [5.74, 6) is -2.63. The Bertz CT molecular complexity index is 885. The van der Waals surface area contributed by atoms with Crippen molar-refractivity contribution in [1.82, 2.24) is 5.32 Å². The van der Waals surface area contributed by atoms with Crippen molar-refractivity contribution in [3.8, 4) is 0 Å². The Balaban J connectivity index is 1.43. The number of carbonyl (C=O) groups excluding carboxylic acids is 2. The van der Waals surface area contributed by atoms with Gasteiger partial charge in [-0.3, -0.25) is 14.4 Å². The van der Waals surface area contributed by atoms with Crippen LogP contribution in [0.2, 0.25) is 0 Å². The molecule has 0 unspecified atom stereocenters. The van der Waals surface area contributed by atoms with Crippen LogP contribution in [0.1, 0.15) is 52.9 Å². The maximum atomic E-state index is 13.2. The van der Waals surface area contributed by atoms with E-state index in [9.17, 15) is 19.5 Å². The fourth-order valence-corrected chi connectivity index (χ4v) is 6.39. The third kappa shape index (κ3) is 2.96. The molecule has 4 atom stereocenters. The Morgan fingerprint density at radius 1 is 1.00 bits per heavy atom. The van der Waals surface area contributed by atoms with Crippen LogP contribution >= 0.6 is 11.3 Å². The number of amides is 2. The van der Waals surface area contributed by atoms with E-state index < -0.39 is 17.8 Å². The molecule has 148 valence electrons. The minimum absolute atomic E-state index is 0.0401. The topological polar surface area (TPSA) is 95.5 Å². The van der Waals surface area contributed by atoms with Gasteiger partial charge in [-0.15, -0.1) is 11.3 Å². The van der Waals surface area contributed by atoms with E-state index in [2.05, 4.69) is 10.6 Å². The van der Waals surface area contributed by atoms with Crippen LogP contribution in [0.15, 0.2) is 12.2 Å². The highest BCUT2D eigenvalue weighted by atomic mass is 32.1. The van der Waals surface area contributed by atoms with E-state index >= 15 is 0 Å². The van der Waals surface area contributed by atoms with Crippen LogP contribution in [-0.4, -0.2) is 28.9 Å². The van der Waals surface area contributed by atoms with Crippen LogP contribution < -0.4 is 10.6 Å². The molecule has 2 bridgehead atoms. The average molecular weight is 401 g/mol. The molecule has 5 aliphatic carbocycles. The number of hydrogen-bond acceptors (Lipinski definition) is 4. The molecule has 0 saturated heterocycles. The molecule has 28 heavy (non-hydrogen) atoms. The van der Waals surface area contributed by atoms with Crippen molar-refractivity contribution in [3.05, 3.63) is 28.2 Å². The average Bonchev–Trinajstić information content (AvgIpc) is 3.26. The first kappa shape index (κ1) is 17.9. The molecular weight excluding hydrogens is 376 g/mol. The molecule has 0 spiro atoms. The molecule has 2 fully saturated rings. The summed E-state index contributed by atoms with van der Waals surface area (Å²) < 4.78 is 0. The lowest BCUT2D eigenvalue weighted by Gasteiger charge is -2.41. The van der Waals surface area contributed by atoms with E-state index in [0.29, 0.717) is 10.6 Å². The second-order valence-corrected chi connectivity index (χ2v) is 9.58. The van der Waals surface area contributed by atoms with Gasteiger partial charge in [0.25, 0.3) is 5.91 Å². The normalized spacial score (nSPS) is 30.1. The highest BCUT2D eigenvalue weighted by Gasteiger charge is 2.48. The van der Waals surface area contributed by atoms with Crippen molar-refractivity contribution in [2.45, 2.75) is 51.0 Å². The zero-order valence-electron chi connectivity index (χ0n) is 15.6. The van der Waals surface area contributed by atoms with Crippen LogP contribution in [-0.2, 0) is 22.4 Å². The lowest BCUT2D eigenvalue weighted by molar-refractivity contribution is -0.151. The van der Waals surface area contributed by atoms with Crippen LogP contribution in [0.5, 0.6) is 0 Å². The first-order valence-corrected chi connectivity index (χ1v) is 11.0. The van der Waals surface area contributed by atoms with Crippen molar-refractivity contribution < 1.29 is 19.5 Å². The number of carboxylic acids is 1. The first-order valence-electron chi connectivity index (χ1n) is 10.2. The van der Waals surface area contributed by atoms with Gasteiger partial charge in [-0.25, -0.2) is 0 Å². The van der Waals surface area contributed by atoms with E-state index in [1.54, 1.807) is 0 Å². The molecule has 0 aromatic carbocycles. The van der Waals surface area contributed by atoms with Gasteiger partial charge >= 0.3 is 5.97 Å². The standard InChI is InChI=1S/C21H24N2O4S/c24-18(15-10-4-6-11(7-5-10)16(15)21(26)27)23-20-17(19(25)22-12-8-9-12)13-2-1-3-14(13)28-20/h4,6,10-12,15-16H,1-3,5,7-9H2,(H,22,25)(H,23,24)(H,26,27)/t10-,11+,15-,16+/m0/s1. The number of fused-ring (bicyclic) bond motifs is 3. The number of nitrogens with one attached hydrogen (secondary N) is 2. The third-order valence-corrected chi connectivity index (χ3v) is 7.84. The number of carbonyl (C=O) groups is 3. The molecule has 6 rings (SSSR count). The molecular formula is C21H24N2O4S. The third-order valence-electron chi connectivity index (χ3n) is 6.63. The lowest BCUT2D eigenvalue weighted by Crippen LogP contribution is -2.47. The predicted molar refractivity (Wildman–Crippen MR) is 105 cm³/mol. The summed E-state index contributed by atoms with van der Waals surface area (Å²) in [6.07, 6.45) is 10.5. The highest BCUT2D eigenvalue weighted by Crippen LogP contribution is 2.46. The van der Waals surface area contributed by atoms with Crippen LogP contribution in [0.4, 0.5) is 5.00 Å². The van der Waals surface area contributed by atoms with Crippen molar-refractivity contribution in [3.63, 3.8) is 0 Å². The molecule has 0 radical (unpaired) electrons. The Morgan fingerprint density at radius 2 is 1.71 bits per heavy atom. The first-order chi connectivity index (χ1) is 13.5. The van der Waals surface area contributed by atoms with Crippen molar-refractivity contribution in [2.24, 2.45) is 23.7 Å². The Hall–Kier alpha value is -2.15. The quantitative estimate of drug-likeness (QED) is 0.662. The van der Waals surface area contributed by atoms with Gasteiger partial charge in [-0.1, -0.05) is 12.2 Å². The lowest BCUT2D eigenvalue weighted by atomic mass is 9.62. The van der Waals surface area contributed by atoms with Crippen LogP contribution in [0.25, 0.3) is 0 Å². The summed E-state index contributed by atoms with van der Waals surface area (Å²) >= 11 is 1.49. The van der Waals surface area contributed by atoms with Gasteiger partial charge in [0.15, 0.2) is 0 Å². The van der Waals surface area contributed by atoms with Crippen molar-refractivity contribution >= 4 is 34.1 Å². The Labute approximate surface area is 167 Å². The van der Waals surface area contributed by atoms with Gasteiger partial charge in [-0.05, 0) is 62.3 Å². The largest absolute Gasteiger partial charge is 0.481 e. The summed E-state index contributed by atoms with van der Waals surface area (Å²) in [5.41, 5.74) is 1.68. The van der Waals surface area contributed by atoms with E-state index in [-0.39, 0.29) is 29.7 Å². The number of thiophene rings is 1. The summed E-state index contributed by atoms with van der Waals surface area (Å²) in [4.78, 5) is 39.0. The number of hydrogen-bond donors (Lipinski definition) is 3. The number of carboxylic acid groups (broad SMARTS) is 1. The van der Waals surface area contributed by atoms with E-state index in [1.165, 1.54) is 16.2 Å². The predicted octanol–water partition coefficient (Wildman–Crippen LogP) is 2.98. The molecule has 2 amide bonds. The highest BCUT2D eigenvalue weighted by molar-refractivity contribution is 7.17. The fourth-order valence-electron chi connectivity index (χ4n) is 5.10. The SMILES string of the molecule is O=C(NC1CC1)c1c(NC(=O)[C@@H]2[C@H](C(=O)O)[C@@H]3C=C[C@H]2CC3)sc2c1CCC2. The van der Waals surface area contributed by atoms with E-state index in [0.717, 1.165) is 50.5 Å². The molecule has 5 aliphatic rings. The maximum Gasteiger partial charge on any atom is 0.307 e. The molecule has 2 saturated carbocycles. The van der Waals surface area contributed by atoms with Crippen molar-refractivity contribution in [1.29, 1.82) is 0 Å². The molecule has 0 aliphatic heterocycles. The van der Waals surface area contributed by atoms with Gasteiger partial charge < -0.3 is 15.7 Å². The minimum Gasteiger partial charge on any atom is -0.481 e. The van der Waals surface area contributed by atoms with Gasteiger partial charge in [0.2, 0.25) is 5.91 Å². The number of anilines is 1. The Kier molecular flexibility index (Phi) is 4.30. The summed E-state index contributed by atoms with van der Waals surface area (Å²) in [6.45, 7) is 0. The van der Waals surface area contributed by atoms with Crippen LogP contribution in [0.3, 0.4) is 0 Å². The number of allylic oxidation sites excluding steroid dienone is 2. The van der Waals surface area contributed by atoms with Gasteiger partial charge in [-0.2, -0.15) is 0 Å². The smallest absolute Gasteiger partial charge is 0.307 e. The molecule has 3 N–H and O–H groups in total. The fraction of sp³-hybridized carbons (Fsp3) is 0.571. The van der Waals surface area contributed by atoms with Gasteiger partial charge in [0.05, 0.1) is 17.4 Å². The van der Waals surface area contributed by atoms with E-state index in [4.69, 9.17) is 0 Å². The summed E-state index contributed by atoms with van der Waals surface area (Å²) in [6, 6.07) is 0.253. The maximum absolute atomic E-state index is 13.2. The molecule has 6 nitrogen and oxygen atoms in total. The zero-order chi connectivity index (χ0) is 19.4. The number of aliphatic carboxylic acids is 1. The molecule has 1 heterocycles. The summed E-state index contributed by atoms with van der Waals surface area (Å²) in [5, 5.41) is 16.3. The monoisotopic (exact) mass is 400 g/mol. The van der Waals surface area contributed by atoms with Crippen molar-refractivity contribution in [2.75, 3.05) is 5.32 Å².